The van der Waals surface area contributed by atoms with Gasteiger partial charge in [-0.15, -0.1) is 0 Å². The second-order valence-electron chi connectivity index (χ2n) is 10.2. The smallest absolute Gasteiger partial charge is 0.301 e. The van der Waals surface area contributed by atoms with Gasteiger partial charge in [-0.05, 0) is 61.7 Å². The number of ether oxygens (including phenoxy) is 2. The molecule has 0 bridgehead atoms. The number of Topliss-reactive ketones (excluding diaryl/α,β-unsaturated/α-hetero) is 2. The van der Waals surface area contributed by atoms with Gasteiger partial charge in [0.1, 0.15) is 23.4 Å². The van der Waals surface area contributed by atoms with Crippen LogP contribution in [0.4, 0.5) is 5.13 Å². The molecule has 2 aliphatic rings. The molecule has 0 spiro atoms. The highest BCUT2D eigenvalue weighted by Crippen LogP contribution is 2.45. The van der Waals surface area contributed by atoms with Gasteiger partial charge in [0.15, 0.2) is 10.9 Å². The Labute approximate surface area is 237 Å². The molecule has 0 aliphatic carbocycles. The normalized spacial score (nSPS) is 19.6. The van der Waals surface area contributed by atoms with Gasteiger partial charge in [-0.3, -0.25) is 19.3 Å². The number of nitrogens with zero attached hydrogens (tertiary/aromatic N) is 2. The monoisotopic (exact) mass is 560 g/mol. The predicted octanol–water partition coefficient (Wildman–Crippen LogP) is 6.17. The molecule has 5 rings (SSSR count). The van der Waals surface area contributed by atoms with E-state index in [9.17, 15) is 19.5 Å². The molecule has 1 aromatic heterocycles. The SMILES string of the molecule is CCCCCOc1cccc(C2/C(=C(\O)c3ccc4c(c3)CC(C)O4)C(=O)C(=O)N2c2nc(C)c(C(C)=O)s2)c1. The zero-order chi connectivity index (χ0) is 28.6. The fourth-order valence-corrected chi connectivity index (χ4v) is 6.19. The third-order valence-corrected chi connectivity index (χ3v) is 8.37. The van der Waals surface area contributed by atoms with E-state index in [1.165, 1.54) is 11.8 Å². The number of ketones is 2. The van der Waals surface area contributed by atoms with Crippen LogP contribution in [0.1, 0.15) is 78.1 Å². The van der Waals surface area contributed by atoms with Gasteiger partial charge in [0.25, 0.3) is 5.78 Å². The summed E-state index contributed by atoms with van der Waals surface area (Å²) in [6.45, 7) is 7.76. The van der Waals surface area contributed by atoms with Crippen molar-refractivity contribution >= 4 is 39.7 Å². The van der Waals surface area contributed by atoms with Crippen LogP contribution in [0, 0.1) is 6.92 Å². The van der Waals surface area contributed by atoms with Crippen LogP contribution in [-0.4, -0.2) is 40.3 Å². The van der Waals surface area contributed by atoms with Crippen molar-refractivity contribution in [2.24, 2.45) is 0 Å². The average Bonchev–Trinajstić information content (AvgIpc) is 3.58. The van der Waals surface area contributed by atoms with Crippen LogP contribution in [0.2, 0.25) is 0 Å². The molecule has 2 unspecified atom stereocenters. The van der Waals surface area contributed by atoms with Crippen LogP contribution in [0.15, 0.2) is 48.0 Å². The second-order valence-corrected chi connectivity index (χ2v) is 11.2. The molecule has 1 N–H and O–H groups in total. The Morgan fingerprint density at radius 2 is 2.00 bits per heavy atom. The second kappa shape index (κ2) is 11.3. The first-order chi connectivity index (χ1) is 19.2. The zero-order valence-corrected chi connectivity index (χ0v) is 23.8. The summed E-state index contributed by atoms with van der Waals surface area (Å²) in [5, 5.41) is 11.8. The number of aliphatic hydroxyl groups excluding tert-OH is 1. The summed E-state index contributed by atoms with van der Waals surface area (Å²) >= 11 is 1.06. The van der Waals surface area contributed by atoms with E-state index in [0.717, 1.165) is 41.9 Å². The number of hydrogen-bond acceptors (Lipinski definition) is 8. The Bertz CT molecular complexity index is 1520. The molecule has 1 fully saturated rings. The number of aryl methyl sites for hydroxylation is 1. The van der Waals surface area contributed by atoms with Crippen LogP contribution < -0.4 is 14.4 Å². The summed E-state index contributed by atoms with van der Waals surface area (Å²) in [6.07, 6.45) is 3.72. The minimum absolute atomic E-state index is 0.0154. The molecule has 2 aliphatic heterocycles. The fraction of sp³-hybridized carbons (Fsp3) is 0.355. The van der Waals surface area contributed by atoms with Gasteiger partial charge in [0.05, 0.1) is 28.8 Å². The molecule has 9 heteroatoms. The van der Waals surface area contributed by atoms with Crippen molar-refractivity contribution in [3.05, 3.63) is 75.3 Å². The third-order valence-electron chi connectivity index (χ3n) is 7.12. The van der Waals surface area contributed by atoms with Gasteiger partial charge in [-0.1, -0.05) is 43.2 Å². The minimum atomic E-state index is -0.965. The van der Waals surface area contributed by atoms with Crippen LogP contribution >= 0.6 is 11.3 Å². The van der Waals surface area contributed by atoms with E-state index in [4.69, 9.17) is 9.47 Å². The molecule has 2 aromatic carbocycles. The van der Waals surface area contributed by atoms with Crippen molar-refractivity contribution in [2.75, 3.05) is 11.5 Å². The van der Waals surface area contributed by atoms with E-state index in [2.05, 4.69) is 11.9 Å². The van der Waals surface area contributed by atoms with Crippen molar-refractivity contribution in [1.82, 2.24) is 4.98 Å². The van der Waals surface area contributed by atoms with Crippen LogP contribution in [-0.2, 0) is 16.0 Å². The van der Waals surface area contributed by atoms with Crippen molar-refractivity contribution in [2.45, 2.75) is 65.5 Å². The molecule has 40 heavy (non-hydrogen) atoms. The van der Waals surface area contributed by atoms with Gasteiger partial charge in [-0.25, -0.2) is 4.98 Å². The lowest BCUT2D eigenvalue weighted by Crippen LogP contribution is -2.29. The number of fused-ring (bicyclic) bond motifs is 1. The highest BCUT2D eigenvalue weighted by molar-refractivity contribution is 7.18. The number of carbonyl (C=O) groups excluding carboxylic acids is 3. The predicted molar refractivity (Wildman–Crippen MR) is 153 cm³/mol. The third kappa shape index (κ3) is 5.13. The number of benzene rings is 2. The summed E-state index contributed by atoms with van der Waals surface area (Å²) in [5.74, 6) is -0.748. The lowest BCUT2D eigenvalue weighted by molar-refractivity contribution is -0.132. The van der Waals surface area contributed by atoms with Gasteiger partial charge in [-0.2, -0.15) is 0 Å². The van der Waals surface area contributed by atoms with Gasteiger partial charge in [0, 0.05) is 18.9 Å². The number of hydrogen-bond donors (Lipinski definition) is 1. The molecular formula is C31H32N2O6S. The van der Waals surface area contributed by atoms with Gasteiger partial charge < -0.3 is 14.6 Å². The highest BCUT2D eigenvalue weighted by atomic mass is 32.1. The molecule has 8 nitrogen and oxygen atoms in total. The van der Waals surface area contributed by atoms with Crippen molar-refractivity contribution in [3.63, 3.8) is 0 Å². The molecule has 3 aromatic rings. The Morgan fingerprint density at radius 3 is 2.73 bits per heavy atom. The molecule has 2 atom stereocenters. The Morgan fingerprint density at radius 1 is 1.20 bits per heavy atom. The summed E-state index contributed by atoms with van der Waals surface area (Å²) in [7, 11) is 0. The molecule has 208 valence electrons. The lowest BCUT2D eigenvalue weighted by atomic mass is 9.94. The van der Waals surface area contributed by atoms with Crippen LogP contribution in [0.5, 0.6) is 11.5 Å². The maximum absolute atomic E-state index is 13.6. The molecule has 3 heterocycles. The Kier molecular flexibility index (Phi) is 7.76. The van der Waals surface area contributed by atoms with E-state index >= 15 is 0 Å². The molecule has 1 saturated heterocycles. The fourth-order valence-electron chi connectivity index (χ4n) is 5.20. The number of aliphatic hydroxyl groups is 1. The summed E-state index contributed by atoms with van der Waals surface area (Å²) < 4.78 is 11.7. The van der Waals surface area contributed by atoms with E-state index in [-0.39, 0.29) is 28.4 Å². The van der Waals surface area contributed by atoms with Crippen molar-refractivity contribution in [1.29, 1.82) is 0 Å². The van der Waals surface area contributed by atoms with E-state index in [1.54, 1.807) is 43.3 Å². The van der Waals surface area contributed by atoms with Crippen LogP contribution in [0.25, 0.3) is 5.76 Å². The number of amides is 1. The summed E-state index contributed by atoms with van der Waals surface area (Å²) in [4.78, 5) is 45.5. The first-order valence-electron chi connectivity index (χ1n) is 13.5. The number of rotatable bonds is 9. The first-order valence-corrected chi connectivity index (χ1v) is 14.3. The number of carbonyl (C=O) groups is 3. The lowest BCUT2D eigenvalue weighted by Gasteiger charge is -2.23. The van der Waals surface area contributed by atoms with Gasteiger partial charge >= 0.3 is 5.91 Å². The van der Waals surface area contributed by atoms with E-state index in [0.29, 0.717) is 40.5 Å². The average molecular weight is 561 g/mol. The van der Waals surface area contributed by atoms with E-state index in [1.807, 2.05) is 13.0 Å². The number of aromatic nitrogens is 1. The maximum Gasteiger partial charge on any atom is 0.301 e. The maximum atomic E-state index is 13.6. The quantitative estimate of drug-likeness (QED) is 0.110. The number of anilines is 1. The topological polar surface area (TPSA) is 106 Å². The van der Waals surface area contributed by atoms with Gasteiger partial charge in [0.2, 0.25) is 0 Å². The Hall–Kier alpha value is -3.98. The molecular weight excluding hydrogens is 528 g/mol. The number of thiazole rings is 1. The van der Waals surface area contributed by atoms with E-state index < -0.39 is 17.7 Å². The highest BCUT2D eigenvalue weighted by Gasteiger charge is 2.48. The summed E-state index contributed by atoms with van der Waals surface area (Å²) in [5.41, 5.74) is 2.37. The zero-order valence-electron chi connectivity index (χ0n) is 23.0. The van der Waals surface area contributed by atoms with Crippen molar-refractivity contribution in [3.8, 4) is 11.5 Å². The largest absolute Gasteiger partial charge is 0.507 e. The standard InChI is InChI=1S/C31H32N2O6S/c1-5-6-7-13-38-23-10-8-9-20(16-23)26-25(27(35)21-11-12-24-22(15-21)14-17(2)39-24)28(36)30(37)33(26)31-32-18(3)29(40-31)19(4)34/h8-12,15-17,26,35H,5-7,13-14H2,1-4H3/b27-25+. The number of unbranched alkanes of at least 4 members (excludes halogenated alkanes) is 2. The van der Waals surface area contributed by atoms with Crippen LogP contribution in [0.3, 0.4) is 0 Å². The first kappa shape index (κ1) is 27.6. The Balaban J connectivity index is 1.63. The summed E-state index contributed by atoms with van der Waals surface area (Å²) in [6, 6.07) is 11.5. The molecule has 0 saturated carbocycles. The van der Waals surface area contributed by atoms with Crippen molar-refractivity contribution < 1.29 is 29.0 Å². The molecule has 0 radical (unpaired) electrons. The molecule has 1 amide bonds. The minimum Gasteiger partial charge on any atom is -0.507 e.